The van der Waals surface area contributed by atoms with E-state index >= 15 is 0 Å². The number of aryl methyl sites for hydroxylation is 1. The molecule has 2 aromatic rings. The predicted octanol–water partition coefficient (Wildman–Crippen LogP) is 3.04. The number of hydrogen-bond donors (Lipinski definition) is 5. The van der Waals surface area contributed by atoms with E-state index in [1.807, 2.05) is 19.9 Å². The Balaban J connectivity index is 1.55. The van der Waals surface area contributed by atoms with Crippen LogP contribution in [-0.4, -0.2) is 56.1 Å². The average molecular weight is 455 g/mol. The van der Waals surface area contributed by atoms with Crippen molar-refractivity contribution in [3.05, 3.63) is 70.3 Å². The summed E-state index contributed by atoms with van der Waals surface area (Å²) in [6.45, 7) is 3.45. The van der Waals surface area contributed by atoms with Gasteiger partial charge in [0.05, 0.1) is 17.8 Å². The summed E-state index contributed by atoms with van der Waals surface area (Å²) in [5, 5.41) is 50.8. The van der Waals surface area contributed by atoms with Gasteiger partial charge in [0.15, 0.2) is 0 Å². The summed E-state index contributed by atoms with van der Waals surface area (Å²) in [6.07, 6.45) is 1.77. The highest BCUT2D eigenvalue weighted by atomic mass is 16.4. The molecule has 33 heavy (non-hydrogen) atoms. The first kappa shape index (κ1) is 24.4. The fourth-order valence-corrected chi connectivity index (χ4v) is 5.14. The molecule has 0 aromatic heterocycles. The minimum Gasteiger partial charge on any atom is -0.396 e. The van der Waals surface area contributed by atoms with Gasteiger partial charge in [0.25, 0.3) is 0 Å². The third kappa shape index (κ3) is 5.84. The van der Waals surface area contributed by atoms with Gasteiger partial charge in [0.2, 0.25) is 0 Å². The first-order chi connectivity index (χ1) is 15.7. The van der Waals surface area contributed by atoms with E-state index < -0.39 is 29.8 Å². The molecule has 180 valence electrons. The maximum atomic E-state index is 10.7. The number of aliphatic hydroxyl groups excluding tert-OH is 4. The van der Waals surface area contributed by atoms with Crippen LogP contribution in [0, 0.1) is 5.92 Å². The predicted molar refractivity (Wildman–Crippen MR) is 128 cm³/mol. The van der Waals surface area contributed by atoms with Crippen LogP contribution in [0.5, 0.6) is 0 Å². The van der Waals surface area contributed by atoms with Gasteiger partial charge in [-0.15, -0.1) is 0 Å². The van der Waals surface area contributed by atoms with E-state index in [2.05, 4.69) is 36.4 Å². The van der Waals surface area contributed by atoms with Gasteiger partial charge >= 0.3 is 0 Å². The first-order valence-electron chi connectivity index (χ1n) is 12.2. The van der Waals surface area contributed by atoms with Crippen LogP contribution in [-0.2, 0) is 12.8 Å². The zero-order valence-corrected chi connectivity index (χ0v) is 19.7. The van der Waals surface area contributed by atoms with Gasteiger partial charge in [-0.25, -0.2) is 0 Å². The van der Waals surface area contributed by atoms with Gasteiger partial charge in [-0.3, -0.25) is 0 Å². The lowest BCUT2D eigenvalue weighted by molar-refractivity contribution is -0.127. The summed E-state index contributed by atoms with van der Waals surface area (Å²) in [6, 6.07) is 14.9. The van der Waals surface area contributed by atoms with E-state index in [0.717, 1.165) is 24.8 Å². The van der Waals surface area contributed by atoms with E-state index in [4.69, 9.17) is 0 Å². The lowest BCUT2D eigenvalue weighted by Crippen LogP contribution is -2.51. The van der Waals surface area contributed by atoms with Crippen molar-refractivity contribution >= 4 is 0 Å². The van der Waals surface area contributed by atoms with Crippen LogP contribution >= 0.6 is 0 Å². The average Bonchev–Trinajstić information content (AvgIpc) is 3.62. The SMILES string of the molecule is CC(C)(O)CCc1ccc(Cc2cc([C@@H]3C[C@H](CO)[C@@H](O)[C@H](O)[C@H]3O)ccc2C2CC2)cc1. The third-order valence-electron chi connectivity index (χ3n) is 7.44. The zero-order valence-electron chi connectivity index (χ0n) is 19.7. The Labute approximate surface area is 196 Å². The van der Waals surface area contributed by atoms with Gasteiger partial charge in [-0.1, -0.05) is 42.5 Å². The standard InChI is InChI=1S/C28H38O5/c1-28(2,33)12-11-17-3-5-18(6-4-17)13-21-14-20(9-10-23(21)19-7-8-19)24-15-22(16-29)25(30)27(32)26(24)31/h3-6,9-10,14,19,22,24-27,29-33H,7-8,11-13,15-16H2,1-2H3/t22-,24+,25-,26+,27+/m1/s1. The Morgan fingerprint density at radius 3 is 2.15 bits per heavy atom. The summed E-state index contributed by atoms with van der Waals surface area (Å²) in [5.41, 5.74) is 5.31. The fourth-order valence-electron chi connectivity index (χ4n) is 5.14. The molecule has 0 heterocycles. The van der Waals surface area contributed by atoms with Crippen molar-refractivity contribution in [1.82, 2.24) is 0 Å². The van der Waals surface area contributed by atoms with Crippen molar-refractivity contribution in [3.63, 3.8) is 0 Å². The molecule has 0 amide bonds. The van der Waals surface area contributed by atoms with Crippen molar-refractivity contribution in [2.24, 2.45) is 5.92 Å². The maximum absolute atomic E-state index is 10.7. The van der Waals surface area contributed by atoms with E-state index in [1.165, 1.54) is 35.1 Å². The monoisotopic (exact) mass is 454 g/mol. The molecule has 0 saturated heterocycles. The highest BCUT2D eigenvalue weighted by Gasteiger charge is 2.43. The van der Waals surface area contributed by atoms with E-state index in [9.17, 15) is 25.5 Å². The Kier molecular flexibility index (Phi) is 7.27. The van der Waals surface area contributed by atoms with Crippen molar-refractivity contribution in [2.45, 2.75) is 88.1 Å². The second-order valence-electron chi connectivity index (χ2n) is 10.8. The molecular weight excluding hydrogens is 416 g/mol. The summed E-state index contributed by atoms with van der Waals surface area (Å²) < 4.78 is 0. The van der Waals surface area contributed by atoms with E-state index in [-0.39, 0.29) is 12.5 Å². The van der Waals surface area contributed by atoms with Gasteiger partial charge in [-0.05, 0) is 86.1 Å². The minimum absolute atomic E-state index is 0.214. The normalized spacial score (nSPS) is 28.2. The Hall–Kier alpha value is -1.76. The molecule has 0 spiro atoms. The third-order valence-corrected chi connectivity index (χ3v) is 7.44. The number of benzene rings is 2. The number of aliphatic hydroxyl groups is 5. The van der Waals surface area contributed by atoms with E-state index in [1.54, 1.807) is 0 Å². The van der Waals surface area contributed by atoms with Crippen LogP contribution in [0.25, 0.3) is 0 Å². The second kappa shape index (κ2) is 9.85. The fraction of sp³-hybridized carbons (Fsp3) is 0.571. The van der Waals surface area contributed by atoms with Crippen LogP contribution in [0.1, 0.15) is 79.2 Å². The maximum Gasteiger partial charge on any atom is 0.107 e. The van der Waals surface area contributed by atoms with Crippen LogP contribution in [0.3, 0.4) is 0 Å². The highest BCUT2D eigenvalue weighted by Crippen LogP contribution is 2.44. The smallest absolute Gasteiger partial charge is 0.107 e. The highest BCUT2D eigenvalue weighted by molar-refractivity contribution is 5.42. The van der Waals surface area contributed by atoms with Gasteiger partial charge in [0.1, 0.15) is 6.10 Å². The molecule has 0 aliphatic heterocycles. The Bertz CT molecular complexity index is 926. The molecule has 2 fully saturated rings. The molecule has 2 saturated carbocycles. The minimum atomic E-state index is -1.26. The van der Waals surface area contributed by atoms with Gasteiger partial charge in [-0.2, -0.15) is 0 Å². The Morgan fingerprint density at radius 2 is 1.55 bits per heavy atom. The van der Waals surface area contributed by atoms with Crippen molar-refractivity contribution in [2.75, 3.05) is 6.61 Å². The number of rotatable bonds is 8. The first-order valence-corrected chi connectivity index (χ1v) is 12.2. The zero-order chi connectivity index (χ0) is 23.8. The molecule has 4 rings (SSSR count). The van der Waals surface area contributed by atoms with Crippen molar-refractivity contribution < 1.29 is 25.5 Å². The molecule has 5 atom stereocenters. The van der Waals surface area contributed by atoms with Crippen molar-refractivity contribution in [1.29, 1.82) is 0 Å². The van der Waals surface area contributed by atoms with Gasteiger partial charge < -0.3 is 25.5 Å². The van der Waals surface area contributed by atoms with Gasteiger partial charge in [0, 0.05) is 18.4 Å². The summed E-state index contributed by atoms with van der Waals surface area (Å²) in [7, 11) is 0. The second-order valence-corrected chi connectivity index (χ2v) is 10.8. The molecule has 2 aromatic carbocycles. The van der Waals surface area contributed by atoms with Crippen LogP contribution in [0.4, 0.5) is 0 Å². The molecule has 5 heteroatoms. The molecule has 5 nitrogen and oxygen atoms in total. The van der Waals surface area contributed by atoms with Crippen LogP contribution in [0.2, 0.25) is 0 Å². The summed E-state index contributed by atoms with van der Waals surface area (Å²) >= 11 is 0. The molecular formula is C28H38O5. The van der Waals surface area contributed by atoms with E-state index in [0.29, 0.717) is 12.3 Å². The molecule has 0 unspecified atom stereocenters. The number of hydrogen-bond acceptors (Lipinski definition) is 5. The molecule has 0 bridgehead atoms. The van der Waals surface area contributed by atoms with Crippen molar-refractivity contribution in [3.8, 4) is 0 Å². The topological polar surface area (TPSA) is 101 Å². The van der Waals surface area contributed by atoms with Crippen LogP contribution in [0.15, 0.2) is 42.5 Å². The molecule has 0 radical (unpaired) electrons. The molecule has 2 aliphatic rings. The lowest BCUT2D eigenvalue weighted by atomic mass is 9.72. The summed E-state index contributed by atoms with van der Waals surface area (Å²) in [5.74, 6) is -0.179. The lowest BCUT2D eigenvalue weighted by Gasteiger charge is -2.40. The Morgan fingerprint density at radius 1 is 0.879 bits per heavy atom. The molecule has 2 aliphatic carbocycles. The van der Waals surface area contributed by atoms with Crippen LogP contribution < -0.4 is 0 Å². The quantitative estimate of drug-likeness (QED) is 0.422. The summed E-state index contributed by atoms with van der Waals surface area (Å²) in [4.78, 5) is 0. The largest absolute Gasteiger partial charge is 0.396 e. The molecule has 5 N–H and O–H groups in total.